The van der Waals surface area contributed by atoms with Gasteiger partial charge in [-0.3, -0.25) is 4.79 Å². The second-order valence-electron chi connectivity index (χ2n) is 5.82. The molecule has 0 unspecified atom stereocenters. The maximum absolute atomic E-state index is 12.4. The van der Waals surface area contributed by atoms with Crippen LogP contribution < -0.4 is 15.6 Å². The van der Waals surface area contributed by atoms with Crippen molar-refractivity contribution in [1.29, 1.82) is 0 Å². The standard InChI is InChI=1S/C16H17N3O3.ClH/c20-15-11-1-2-13(18-7-4-17-5-8-18)10-3-6-19(14(10)11)9-12(15)16(21)22;/h1-2,9,17H,3-8H2,(H,21,22);1H. The van der Waals surface area contributed by atoms with E-state index in [2.05, 4.69) is 10.2 Å². The van der Waals surface area contributed by atoms with Gasteiger partial charge in [-0.15, -0.1) is 12.4 Å². The zero-order chi connectivity index (χ0) is 15.3. The fraction of sp³-hybridized carbons (Fsp3) is 0.375. The van der Waals surface area contributed by atoms with Gasteiger partial charge < -0.3 is 19.9 Å². The van der Waals surface area contributed by atoms with E-state index in [9.17, 15) is 14.7 Å². The quantitative estimate of drug-likeness (QED) is 0.859. The van der Waals surface area contributed by atoms with Gasteiger partial charge in [0, 0.05) is 55.6 Å². The predicted octanol–water partition coefficient (Wildman–Crippen LogP) is 1.09. The minimum Gasteiger partial charge on any atom is -0.477 e. The van der Waals surface area contributed by atoms with Crippen LogP contribution in [0.15, 0.2) is 23.1 Å². The molecule has 1 aromatic heterocycles. The van der Waals surface area contributed by atoms with E-state index in [-0.39, 0.29) is 23.4 Å². The third-order valence-electron chi connectivity index (χ3n) is 4.61. The highest BCUT2D eigenvalue weighted by molar-refractivity contribution is 5.95. The van der Waals surface area contributed by atoms with Crippen LogP contribution in [0.4, 0.5) is 5.69 Å². The first-order valence-electron chi connectivity index (χ1n) is 7.55. The Hall–Kier alpha value is -2.05. The summed E-state index contributed by atoms with van der Waals surface area (Å²) in [6.07, 6.45) is 2.34. The van der Waals surface area contributed by atoms with Crippen molar-refractivity contribution in [2.24, 2.45) is 0 Å². The number of halogens is 1. The Kier molecular flexibility index (Phi) is 4.04. The molecule has 0 aliphatic carbocycles. The number of nitrogens with zero attached hydrogens (tertiary/aromatic N) is 2. The Morgan fingerprint density at radius 1 is 1.17 bits per heavy atom. The minimum atomic E-state index is -1.16. The van der Waals surface area contributed by atoms with Crippen LogP contribution in [0.2, 0.25) is 0 Å². The van der Waals surface area contributed by atoms with Crippen molar-refractivity contribution in [3.05, 3.63) is 39.7 Å². The highest BCUT2D eigenvalue weighted by atomic mass is 35.5. The number of piperazine rings is 1. The zero-order valence-electron chi connectivity index (χ0n) is 12.5. The molecule has 2 aliphatic heterocycles. The Balaban J connectivity index is 0.00000156. The summed E-state index contributed by atoms with van der Waals surface area (Å²) in [6, 6.07) is 3.76. The molecule has 1 aromatic carbocycles. The molecule has 6 nitrogen and oxygen atoms in total. The Morgan fingerprint density at radius 2 is 1.91 bits per heavy atom. The number of nitrogens with one attached hydrogen (secondary N) is 1. The highest BCUT2D eigenvalue weighted by Gasteiger charge is 2.24. The first kappa shape index (κ1) is 15.8. The summed E-state index contributed by atoms with van der Waals surface area (Å²) in [5.41, 5.74) is 2.74. The van der Waals surface area contributed by atoms with Gasteiger partial charge in [0.1, 0.15) is 5.56 Å². The van der Waals surface area contributed by atoms with Crippen molar-refractivity contribution in [1.82, 2.24) is 9.88 Å². The molecular formula is C16H18ClN3O3. The Labute approximate surface area is 139 Å². The normalized spacial score (nSPS) is 16.4. The van der Waals surface area contributed by atoms with Crippen LogP contribution in [0.3, 0.4) is 0 Å². The number of carbonyl (C=O) groups is 1. The highest BCUT2D eigenvalue weighted by Crippen LogP contribution is 2.33. The van der Waals surface area contributed by atoms with Crippen molar-refractivity contribution in [2.75, 3.05) is 31.1 Å². The second-order valence-corrected chi connectivity index (χ2v) is 5.82. The molecule has 0 radical (unpaired) electrons. The second kappa shape index (κ2) is 5.86. The van der Waals surface area contributed by atoms with Gasteiger partial charge in [0.2, 0.25) is 5.43 Å². The molecule has 0 amide bonds. The molecule has 2 N–H and O–H groups in total. The van der Waals surface area contributed by atoms with Gasteiger partial charge in [-0.25, -0.2) is 4.79 Å². The van der Waals surface area contributed by atoms with Crippen molar-refractivity contribution in [2.45, 2.75) is 13.0 Å². The molecule has 0 atom stereocenters. The number of carboxylic acid groups (broad SMARTS) is 1. The number of aromatic nitrogens is 1. The number of anilines is 1. The lowest BCUT2D eigenvalue weighted by molar-refractivity contribution is 0.0695. The number of rotatable bonds is 2. The topological polar surface area (TPSA) is 74.6 Å². The van der Waals surface area contributed by atoms with Gasteiger partial charge in [-0.2, -0.15) is 0 Å². The lowest BCUT2D eigenvalue weighted by atomic mass is 10.0. The van der Waals surface area contributed by atoms with Gasteiger partial charge in [0.05, 0.1) is 5.52 Å². The van der Waals surface area contributed by atoms with Crippen molar-refractivity contribution in [3.63, 3.8) is 0 Å². The molecule has 3 heterocycles. The molecule has 2 aromatic rings. The summed E-state index contributed by atoms with van der Waals surface area (Å²) in [5.74, 6) is -1.16. The summed E-state index contributed by atoms with van der Waals surface area (Å²) in [4.78, 5) is 26.0. The van der Waals surface area contributed by atoms with Crippen molar-refractivity contribution in [3.8, 4) is 0 Å². The van der Waals surface area contributed by atoms with Gasteiger partial charge in [0.15, 0.2) is 0 Å². The van der Waals surface area contributed by atoms with Crippen molar-refractivity contribution >= 4 is 35.0 Å². The first-order chi connectivity index (χ1) is 10.7. The SMILES string of the molecule is Cl.O=C(O)c1cn2c3c(c(N4CCNCC4)ccc3c1=O)CC2. The molecule has 4 rings (SSSR count). The molecule has 2 aliphatic rings. The van der Waals surface area contributed by atoms with Gasteiger partial charge in [0.25, 0.3) is 0 Å². The molecule has 122 valence electrons. The largest absolute Gasteiger partial charge is 0.477 e. The molecule has 0 saturated carbocycles. The van der Waals surface area contributed by atoms with E-state index >= 15 is 0 Å². The predicted molar refractivity (Wildman–Crippen MR) is 91.2 cm³/mol. The zero-order valence-corrected chi connectivity index (χ0v) is 13.4. The number of pyridine rings is 1. The Morgan fingerprint density at radius 3 is 2.61 bits per heavy atom. The number of hydrogen-bond donors (Lipinski definition) is 2. The van der Waals surface area contributed by atoms with Crippen LogP contribution in [0.5, 0.6) is 0 Å². The third-order valence-corrected chi connectivity index (χ3v) is 4.61. The van der Waals surface area contributed by atoms with E-state index in [1.165, 1.54) is 17.4 Å². The molecule has 23 heavy (non-hydrogen) atoms. The molecule has 0 spiro atoms. The van der Waals surface area contributed by atoms with E-state index in [1.807, 2.05) is 10.6 Å². The number of carboxylic acids is 1. The van der Waals surface area contributed by atoms with E-state index in [0.717, 1.165) is 44.7 Å². The van der Waals surface area contributed by atoms with E-state index in [4.69, 9.17) is 0 Å². The number of aromatic carboxylic acids is 1. The number of aryl methyl sites for hydroxylation is 2. The van der Waals surface area contributed by atoms with Crippen LogP contribution in [0, 0.1) is 0 Å². The lowest BCUT2D eigenvalue weighted by Gasteiger charge is -2.31. The van der Waals surface area contributed by atoms with E-state index < -0.39 is 5.97 Å². The molecule has 0 bridgehead atoms. The number of benzene rings is 1. The fourth-order valence-corrected chi connectivity index (χ4v) is 3.57. The van der Waals surface area contributed by atoms with Crippen LogP contribution in [-0.4, -0.2) is 41.8 Å². The average molecular weight is 336 g/mol. The van der Waals surface area contributed by atoms with E-state index in [1.54, 1.807) is 6.07 Å². The lowest BCUT2D eigenvalue weighted by Crippen LogP contribution is -2.43. The van der Waals surface area contributed by atoms with Crippen LogP contribution >= 0.6 is 12.4 Å². The van der Waals surface area contributed by atoms with Gasteiger partial charge in [-0.05, 0) is 18.6 Å². The molecular weight excluding hydrogens is 318 g/mol. The number of hydrogen-bond acceptors (Lipinski definition) is 4. The fourth-order valence-electron chi connectivity index (χ4n) is 3.57. The maximum atomic E-state index is 12.4. The van der Waals surface area contributed by atoms with Crippen LogP contribution in [0.1, 0.15) is 15.9 Å². The molecule has 1 saturated heterocycles. The maximum Gasteiger partial charge on any atom is 0.341 e. The Bertz CT molecular complexity index is 841. The summed E-state index contributed by atoms with van der Waals surface area (Å²) in [7, 11) is 0. The smallest absolute Gasteiger partial charge is 0.341 e. The monoisotopic (exact) mass is 335 g/mol. The first-order valence-corrected chi connectivity index (χ1v) is 7.55. The summed E-state index contributed by atoms with van der Waals surface area (Å²) in [5, 5.41) is 13.1. The summed E-state index contributed by atoms with van der Waals surface area (Å²) in [6.45, 7) is 4.56. The van der Waals surface area contributed by atoms with Gasteiger partial charge >= 0.3 is 5.97 Å². The summed E-state index contributed by atoms with van der Waals surface area (Å²) >= 11 is 0. The van der Waals surface area contributed by atoms with Crippen molar-refractivity contribution < 1.29 is 9.90 Å². The van der Waals surface area contributed by atoms with Crippen LogP contribution in [0.25, 0.3) is 10.9 Å². The third kappa shape index (κ3) is 2.38. The van der Waals surface area contributed by atoms with E-state index in [0.29, 0.717) is 5.39 Å². The van der Waals surface area contributed by atoms with Crippen LogP contribution in [-0.2, 0) is 13.0 Å². The minimum absolute atomic E-state index is 0. The molecule has 1 fully saturated rings. The van der Waals surface area contributed by atoms with Gasteiger partial charge in [-0.1, -0.05) is 0 Å². The average Bonchev–Trinajstić information content (AvgIpc) is 2.96. The molecule has 7 heteroatoms. The summed E-state index contributed by atoms with van der Waals surface area (Å²) < 4.78 is 1.92.